The van der Waals surface area contributed by atoms with Crippen LogP contribution in [-0.2, 0) is 16.1 Å². The second-order valence-electron chi connectivity index (χ2n) is 7.37. The second kappa shape index (κ2) is 10.0. The zero-order valence-corrected chi connectivity index (χ0v) is 18.4. The minimum atomic E-state index is -0.985. The Morgan fingerprint density at radius 1 is 1.09 bits per heavy atom. The molecule has 1 aromatic heterocycles. The standard InChI is InChI=1S/C25H24N2O6/c1-3-13-27-24(28)23(33-25(27)29)18-10-11-20(21(14-18)30-2)31-15-19-16-32-22(26-19)12-9-17-7-5-4-6-8-17/h4-12,14,16,23H,3,13,15H2,1-2H3. The van der Waals surface area contributed by atoms with Gasteiger partial charge in [-0.15, -0.1) is 0 Å². The van der Waals surface area contributed by atoms with Crippen LogP contribution in [0.5, 0.6) is 11.5 Å². The normalized spacial score (nSPS) is 15.8. The van der Waals surface area contributed by atoms with Gasteiger partial charge in [-0.2, -0.15) is 0 Å². The fourth-order valence-corrected chi connectivity index (χ4v) is 3.40. The van der Waals surface area contributed by atoms with Crippen LogP contribution in [0.4, 0.5) is 4.79 Å². The van der Waals surface area contributed by atoms with E-state index >= 15 is 0 Å². The van der Waals surface area contributed by atoms with Crippen molar-refractivity contribution in [1.29, 1.82) is 0 Å². The van der Waals surface area contributed by atoms with Crippen LogP contribution >= 0.6 is 0 Å². The van der Waals surface area contributed by atoms with Gasteiger partial charge in [0, 0.05) is 18.2 Å². The highest BCUT2D eigenvalue weighted by molar-refractivity contribution is 6.00. The summed E-state index contributed by atoms with van der Waals surface area (Å²) in [5, 5.41) is 0. The Bertz CT molecular complexity index is 1150. The molecule has 8 nitrogen and oxygen atoms in total. The number of methoxy groups -OCH3 is 1. The Labute approximate surface area is 191 Å². The van der Waals surface area contributed by atoms with Gasteiger partial charge in [0.05, 0.1) is 7.11 Å². The van der Waals surface area contributed by atoms with Gasteiger partial charge in [0.2, 0.25) is 12.0 Å². The van der Waals surface area contributed by atoms with E-state index in [1.54, 1.807) is 24.3 Å². The highest BCUT2D eigenvalue weighted by Gasteiger charge is 2.41. The Hall–Kier alpha value is -4.07. The molecule has 2 heterocycles. The lowest BCUT2D eigenvalue weighted by atomic mass is 10.1. The molecule has 0 aliphatic carbocycles. The summed E-state index contributed by atoms with van der Waals surface area (Å²) in [6, 6.07) is 14.8. The number of hydrogen-bond donors (Lipinski definition) is 0. The molecule has 3 aromatic rings. The first-order valence-corrected chi connectivity index (χ1v) is 10.6. The van der Waals surface area contributed by atoms with Crippen LogP contribution in [0.25, 0.3) is 12.2 Å². The van der Waals surface area contributed by atoms with Gasteiger partial charge in [-0.1, -0.05) is 43.3 Å². The molecule has 170 valence electrons. The van der Waals surface area contributed by atoms with Crippen LogP contribution in [0.3, 0.4) is 0 Å². The number of benzene rings is 2. The van der Waals surface area contributed by atoms with Crippen molar-refractivity contribution in [1.82, 2.24) is 9.88 Å². The molecule has 1 atom stereocenters. The fourth-order valence-electron chi connectivity index (χ4n) is 3.40. The largest absolute Gasteiger partial charge is 0.493 e. The van der Waals surface area contributed by atoms with Crippen molar-refractivity contribution in [2.45, 2.75) is 26.1 Å². The van der Waals surface area contributed by atoms with Crippen LogP contribution in [0.1, 0.15) is 42.2 Å². The maximum Gasteiger partial charge on any atom is 0.417 e. The SMILES string of the molecule is CCCN1C(=O)OC(c2ccc(OCc3coc(C=Cc4ccccc4)n3)c(OC)c2)C1=O. The van der Waals surface area contributed by atoms with Crippen LogP contribution in [0.2, 0.25) is 0 Å². The first-order valence-electron chi connectivity index (χ1n) is 10.6. The van der Waals surface area contributed by atoms with Crippen LogP contribution in [0.15, 0.2) is 59.2 Å². The van der Waals surface area contributed by atoms with Crippen molar-refractivity contribution in [2.75, 3.05) is 13.7 Å². The summed E-state index contributed by atoms with van der Waals surface area (Å²) in [4.78, 5) is 30.0. The molecule has 2 aromatic carbocycles. The minimum absolute atomic E-state index is 0.167. The average Bonchev–Trinajstić information content (AvgIpc) is 3.41. The summed E-state index contributed by atoms with van der Waals surface area (Å²) in [5.41, 5.74) is 2.18. The molecule has 1 aliphatic rings. The van der Waals surface area contributed by atoms with E-state index in [4.69, 9.17) is 18.6 Å². The van der Waals surface area contributed by atoms with Crippen molar-refractivity contribution >= 4 is 24.2 Å². The molecule has 1 fully saturated rings. The van der Waals surface area contributed by atoms with Gasteiger partial charge in [0.25, 0.3) is 5.91 Å². The maximum atomic E-state index is 12.5. The third-order valence-corrected chi connectivity index (χ3v) is 5.03. The number of carbonyl (C=O) groups is 2. The first kappa shape index (κ1) is 22.1. The quantitative estimate of drug-likeness (QED) is 0.461. The zero-order valence-electron chi connectivity index (χ0n) is 18.4. The molecule has 0 radical (unpaired) electrons. The van der Waals surface area contributed by atoms with Gasteiger partial charge in [-0.3, -0.25) is 4.79 Å². The number of rotatable bonds is 9. The van der Waals surface area contributed by atoms with Gasteiger partial charge in [0.15, 0.2) is 11.5 Å². The summed E-state index contributed by atoms with van der Waals surface area (Å²) < 4.78 is 22.0. The predicted molar refractivity (Wildman–Crippen MR) is 120 cm³/mol. The summed E-state index contributed by atoms with van der Waals surface area (Å²) >= 11 is 0. The second-order valence-corrected chi connectivity index (χ2v) is 7.37. The monoisotopic (exact) mass is 448 g/mol. The van der Waals surface area contributed by atoms with Gasteiger partial charge >= 0.3 is 6.09 Å². The number of aromatic nitrogens is 1. The first-order chi connectivity index (χ1) is 16.1. The number of hydrogen-bond acceptors (Lipinski definition) is 7. The molecular formula is C25H24N2O6. The van der Waals surface area contributed by atoms with E-state index < -0.39 is 12.2 Å². The van der Waals surface area contributed by atoms with Gasteiger partial charge in [0.1, 0.15) is 18.6 Å². The summed E-state index contributed by atoms with van der Waals surface area (Å²) in [7, 11) is 1.50. The van der Waals surface area contributed by atoms with Gasteiger partial charge in [-0.25, -0.2) is 14.7 Å². The molecule has 4 rings (SSSR count). The summed E-state index contributed by atoms with van der Waals surface area (Å²) in [5.74, 6) is 0.972. The van der Waals surface area contributed by atoms with Gasteiger partial charge < -0.3 is 18.6 Å². The molecule has 1 aliphatic heterocycles. The predicted octanol–water partition coefficient (Wildman–Crippen LogP) is 4.86. The number of amides is 2. The van der Waals surface area contributed by atoms with Gasteiger partial charge in [-0.05, 0) is 30.2 Å². The average molecular weight is 448 g/mol. The molecular weight excluding hydrogens is 424 g/mol. The van der Waals surface area contributed by atoms with Crippen molar-refractivity contribution in [3.05, 3.63) is 77.5 Å². The fraction of sp³-hybridized carbons (Fsp3) is 0.240. The molecule has 2 amide bonds. The van der Waals surface area contributed by atoms with Crippen LogP contribution in [-0.4, -0.2) is 35.5 Å². The smallest absolute Gasteiger partial charge is 0.417 e. The van der Waals surface area contributed by atoms with Crippen molar-refractivity contribution < 1.29 is 28.2 Å². The van der Waals surface area contributed by atoms with E-state index in [1.165, 1.54) is 13.4 Å². The topological polar surface area (TPSA) is 91.1 Å². The van der Waals surface area contributed by atoms with Crippen LogP contribution in [0, 0.1) is 0 Å². The number of imide groups is 1. The Kier molecular flexibility index (Phi) is 6.73. The number of carbonyl (C=O) groups excluding carboxylic acids is 2. The molecule has 0 spiro atoms. The lowest BCUT2D eigenvalue weighted by molar-refractivity contribution is -0.129. The molecule has 0 N–H and O–H groups in total. The summed E-state index contributed by atoms with van der Waals surface area (Å²) in [6.45, 7) is 2.38. The molecule has 8 heteroatoms. The van der Waals surface area contributed by atoms with Crippen LogP contribution < -0.4 is 9.47 Å². The number of cyclic esters (lactones) is 1. The van der Waals surface area contributed by atoms with E-state index in [2.05, 4.69) is 4.98 Å². The van der Waals surface area contributed by atoms with E-state index in [-0.39, 0.29) is 12.5 Å². The number of oxazole rings is 1. The molecule has 1 saturated heterocycles. The highest BCUT2D eigenvalue weighted by atomic mass is 16.6. The molecule has 1 unspecified atom stereocenters. The highest BCUT2D eigenvalue weighted by Crippen LogP contribution is 2.35. The Morgan fingerprint density at radius 2 is 1.91 bits per heavy atom. The van der Waals surface area contributed by atoms with Crippen molar-refractivity contribution in [3.8, 4) is 11.5 Å². The number of nitrogens with zero attached hydrogens (tertiary/aromatic N) is 2. The van der Waals surface area contributed by atoms with Crippen molar-refractivity contribution in [3.63, 3.8) is 0 Å². The lowest BCUT2D eigenvalue weighted by Gasteiger charge is -2.13. The Morgan fingerprint density at radius 3 is 2.67 bits per heavy atom. The van der Waals surface area contributed by atoms with E-state index in [0.717, 1.165) is 10.5 Å². The van der Waals surface area contributed by atoms with Crippen molar-refractivity contribution in [2.24, 2.45) is 0 Å². The molecule has 0 saturated carbocycles. The number of ether oxygens (including phenoxy) is 3. The minimum Gasteiger partial charge on any atom is -0.493 e. The summed E-state index contributed by atoms with van der Waals surface area (Å²) in [6.07, 6.45) is 4.28. The lowest BCUT2D eigenvalue weighted by Crippen LogP contribution is -2.30. The Balaban J connectivity index is 1.41. The third-order valence-electron chi connectivity index (χ3n) is 5.03. The maximum absolute atomic E-state index is 12.5. The van der Waals surface area contributed by atoms with E-state index in [1.807, 2.05) is 43.3 Å². The molecule has 0 bridgehead atoms. The third kappa shape index (κ3) is 5.06. The van der Waals surface area contributed by atoms with E-state index in [0.29, 0.717) is 41.6 Å². The van der Waals surface area contributed by atoms with E-state index in [9.17, 15) is 9.59 Å². The molecule has 33 heavy (non-hydrogen) atoms. The zero-order chi connectivity index (χ0) is 23.2.